The summed E-state index contributed by atoms with van der Waals surface area (Å²) in [6.45, 7) is 4.31. The van der Waals surface area contributed by atoms with Gasteiger partial charge in [0.05, 0.1) is 18.8 Å². The van der Waals surface area contributed by atoms with Gasteiger partial charge in [0, 0.05) is 5.92 Å². The number of hydrogen-bond acceptors (Lipinski definition) is 7. The highest BCUT2D eigenvalue weighted by Crippen LogP contribution is 2.26. The van der Waals surface area contributed by atoms with Gasteiger partial charge in [-0.2, -0.15) is 0 Å². The highest BCUT2D eigenvalue weighted by molar-refractivity contribution is 5.70. The van der Waals surface area contributed by atoms with Crippen LogP contribution in [0.1, 0.15) is 20.8 Å². The highest BCUT2D eigenvalue weighted by atomic mass is 16.7. The fraction of sp³-hybridized carbons (Fsp3) is 0.917. The second-order valence-electron chi connectivity index (χ2n) is 4.92. The quantitative estimate of drug-likeness (QED) is 0.556. The van der Waals surface area contributed by atoms with Crippen LogP contribution in [0, 0.1) is 5.92 Å². The van der Waals surface area contributed by atoms with Crippen molar-refractivity contribution in [3.05, 3.63) is 0 Å². The van der Waals surface area contributed by atoms with Crippen LogP contribution in [-0.2, 0) is 19.0 Å². The summed E-state index contributed by atoms with van der Waals surface area (Å²) in [6.07, 6.45) is -4.31. The highest BCUT2D eigenvalue weighted by Gasteiger charge is 2.42. The van der Waals surface area contributed by atoms with E-state index in [4.69, 9.17) is 19.3 Å². The van der Waals surface area contributed by atoms with Crippen molar-refractivity contribution in [1.82, 2.24) is 0 Å². The van der Waals surface area contributed by atoms with Gasteiger partial charge in [0.15, 0.2) is 6.29 Å². The summed E-state index contributed by atoms with van der Waals surface area (Å²) in [5.74, 6) is -1.06. The molecule has 7 heteroatoms. The van der Waals surface area contributed by atoms with Crippen molar-refractivity contribution in [2.24, 2.45) is 5.92 Å². The van der Waals surface area contributed by atoms with Gasteiger partial charge in [0.2, 0.25) is 0 Å². The molecule has 1 rings (SSSR count). The topological polar surface area (TPSA) is 105 Å². The fourth-order valence-corrected chi connectivity index (χ4v) is 1.86. The molecule has 1 saturated heterocycles. The molecule has 112 valence electrons. The Hall–Kier alpha value is -0.730. The van der Waals surface area contributed by atoms with E-state index in [-0.39, 0.29) is 12.7 Å². The van der Waals surface area contributed by atoms with Gasteiger partial charge in [-0.05, 0) is 13.8 Å². The van der Waals surface area contributed by atoms with Gasteiger partial charge in [-0.15, -0.1) is 0 Å². The molecule has 0 aromatic rings. The zero-order valence-corrected chi connectivity index (χ0v) is 11.4. The molecule has 0 spiro atoms. The van der Waals surface area contributed by atoms with Crippen LogP contribution in [0.3, 0.4) is 0 Å². The molecule has 0 aliphatic carbocycles. The smallest absolute Gasteiger partial charge is 0.332 e. The van der Waals surface area contributed by atoms with E-state index in [0.717, 1.165) is 0 Å². The van der Waals surface area contributed by atoms with Crippen molar-refractivity contribution in [2.45, 2.75) is 51.5 Å². The van der Waals surface area contributed by atoms with E-state index in [1.807, 2.05) is 0 Å². The van der Waals surface area contributed by atoms with Crippen LogP contribution < -0.4 is 0 Å². The minimum absolute atomic E-state index is 0.238. The Labute approximate surface area is 112 Å². The predicted molar refractivity (Wildman–Crippen MR) is 64.1 cm³/mol. The normalized spacial score (nSPS) is 35.4. The molecule has 0 aromatic heterocycles. The average Bonchev–Trinajstić information content (AvgIpc) is 2.34. The summed E-state index contributed by atoms with van der Waals surface area (Å²) >= 11 is 0. The Kier molecular flexibility index (Phi) is 6.15. The first-order valence-corrected chi connectivity index (χ1v) is 6.30. The SMILES string of the molecule is CC(C)OC(=O)COC1OC(CO)C(O)C(O)C1C. The maximum Gasteiger partial charge on any atom is 0.332 e. The molecule has 0 bridgehead atoms. The summed E-state index contributed by atoms with van der Waals surface area (Å²) in [5, 5.41) is 28.5. The molecule has 19 heavy (non-hydrogen) atoms. The summed E-state index contributed by atoms with van der Waals surface area (Å²) < 4.78 is 15.4. The second kappa shape index (κ2) is 7.16. The van der Waals surface area contributed by atoms with Crippen molar-refractivity contribution >= 4 is 5.97 Å². The molecule has 1 aliphatic rings. The van der Waals surface area contributed by atoms with Gasteiger partial charge in [-0.3, -0.25) is 0 Å². The number of ether oxygens (including phenoxy) is 3. The number of rotatable bonds is 5. The molecule has 0 aromatic carbocycles. The maximum absolute atomic E-state index is 11.3. The monoisotopic (exact) mass is 278 g/mol. The van der Waals surface area contributed by atoms with Gasteiger partial charge in [-0.25, -0.2) is 4.79 Å². The number of carbonyl (C=O) groups excluding carboxylic acids is 1. The van der Waals surface area contributed by atoms with Crippen molar-refractivity contribution in [2.75, 3.05) is 13.2 Å². The van der Waals surface area contributed by atoms with E-state index >= 15 is 0 Å². The number of aliphatic hydroxyl groups is 3. The van der Waals surface area contributed by atoms with Gasteiger partial charge in [0.25, 0.3) is 0 Å². The molecule has 1 aliphatic heterocycles. The second-order valence-corrected chi connectivity index (χ2v) is 4.92. The third kappa shape index (κ3) is 4.39. The van der Waals surface area contributed by atoms with E-state index in [0.29, 0.717) is 0 Å². The minimum atomic E-state index is -1.18. The summed E-state index contributed by atoms with van der Waals surface area (Å²) in [4.78, 5) is 11.3. The Balaban J connectivity index is 2.50. The minimum Gasteiger partial charge on any atom is -0.461 e. The van der Waals surface area contributed by atoms with Crippen LogP contribution >= 0.6 is 0 Å². The Bertz CT molecular complexity index is 292. The lowest BCUT2D eigenvalue weighted by atomic mass is 9.92. The molecule has 7 nitrogen and oxygen atoms in total. The van der Waals surface area contributed by atoms with E-state index in [9.17, 15) is 15.0 Å². The number of esters is 1. The third-order valence-electron chi connectivity index (χ3n) is 2.92. The van der Waals surface area contributed by atoms with E-state index in [1.54, 1.807) is 20.8 Å². The Morgan fingerprint density at radius 1 is 1.32 bits per heavy atom. The number of hydrogen-bond donors (Lipinski definition) is 3. The summed E-state index contributed by atoms with van der Waals surface area (Å²) in [5.41, 5.74) is 0. The molecular formula is C12H22O7. The van der Waals surface area contributed by atoms with Gasteiger partial charge in [0.1, 0.15) is 18.8 Å². The molecule has 1 heterocycles. The van der Waals surface area contributed by atoms with Crippen LogP contribution in [0.5, 0.6) is 0 Å². The number of aliphatic hydroxyl groups excluding tert-OH is 3. The molecular weight excluding hydrogens is 256 g/mol. The van der Waals surface area contributed by atoms with E-state index < -0.39 is 43.1 Å². The Morgan fingerprint density at radius 2 is 1.95 bits per heavy atom. The van der Waals surface area contributed by atoms with Crippen molar-refractivity contribution in [3.8, 4) is 0 Å². The van der Waals surface area contributed by atoms with Crippen LogP contribution in [-0.4, -0.2) is 65.2 Å². The van der Waals surface area contributed by atoms with Crippen molar-refractivity contribution < 1.29 is 34.3 Å². The van der Waals surface area contributed by atoms with Crippen LogP contribution in [0.15, 0.2) is 0 Å². The summed E-state index contributed by atoms with van der Waals surface area (Å²) in [6, 6.07) is 0. The number of carbonyl (C=O) groups is 1. The predicted octanol–water partition coefficient (Wildman–Crippen LogP) is -0.970. The van der Waals surface area contributed by atoms with Gasteiger partial charge in [-0.1, -0.05) is 6.92 Å². The fourth-order valence-electron chi connectivity index (χ4n) is 1.86. The van der Waals surface area contributed by atoms with Crippen molar-refractivity contribution in [3.63, 3.8) is 0 Å². The lowest BCUT2D eigenvalue weighted by Crippen LogP contribution is -2.55. The van der Waals surface area contributed by atoms with Crippen LogP contribution in [0.2, 0.25) is 0 Å². The van der Waals surface area contributed by atoms with Gasteiger partial charge < -0.3 is 29.5 Å². The first-order chi connectivity index (χ1) is 8.86. The molecule has 0 saturated carbocycles. The molecule has 1 fully saturated rings. The molecule has 5 unspecified atom stereocenters. The van der Waals surface area contributed by atoms with Crippen molar-refractivity contribution in [1.29, 1.82) is 0 Å². The largest absolute Gasteiger partial charge is 0.461 e. The van der Waals surface area contributed by atoms with Gasteiger partial charge >= 0.3 is 5.97 Å². The molecule has 5 atom stereocenters. The summed E-state index contributed by atoms with van der Waals surface area (Å²) in [7, 11) is 0. The first kappa shape index (κ1) is 16.3. The average molecular weight is 278 g/mol. The van der Waals surface area contributed by atoms with E-state index in [1.165, 1.54) is 0 Å². The van der Waals surface area contributed by atoms with E-state index in [2.05, 4.69) is 0 Å². The lowest BCUT2D eigenvalue weighted by Gasteiger charge is -2.40. The molecule has 3 N–H and O–H groups in total. The third-order valence-corrected chi connectivity index (χ3v) is 2.92. The zero-order valence-electron chi connectivity index (χ0n) is 11.4. The molecule has 0 amide bonds. The van der Waals surface area contributed by atoms with Crippen LogP contribution in [0.4, 0.5) is 0 Å². The molecule has 0 radical (unpaired) electrons. The van der Waals surface area contributed by atoms with Crippen LogP contribution in [0.25, 0.3) is 0 Å². The zero-order chi connectivity index (χ0) is 14.6. The first-order valence-electron chi connectivity index (χ1n) is 6.30. The lowest BCUT2D eigenvalue weighted by molar-refractivity contribution is -0.282. The maximum atomic E-state index is 11.3. The Morgan fingerprint density at radius 3 is 2.47 bits per heavy atom. The standard InChI is InChI=1S/C12H22O7/c1-6(2)18-9(14)5-17-12-7(3)10(15)11(16)8(4-13)19-12/h6-8,10-13,15-16H,4-5H2,1-3H3.